The lowest BCUT2D eigenvalue weighted by atomic mass is 10.1. The van der Waals surface area contributed by atoms with Gasteiger partial charge in [-0.25, -0.2) is 4.39 Å². The quantitative estimate of drug-likeness (QED) is 0.505. The SMILES string of the molecule is Fc1ccccc1CN(C(=S)Nc1ccccc1C(F)(F)F)C1CCCC1. The Morgan fingerprint density at radius 3 is 2.33 bits per heavy atom. The van der Waals surface area contributed by atoms with Gasteiger partial charge in [0.2, 0.25) is 0 Å². The fraction of sp³-hybridized carbons (Fsp3) is 0.350. The number of nitrogens with one attached hydrogen (secondary N) is 1. The van der Waals surface area contributed by atoms with Crippen molar-refractivity contribution in [2.75, 3.05) is 5.32 Å². The summed E-state index contributed by atoms with van der Waals surface area (Å²) in [7, 11) is 0. The molecule has 0 aliphatic heterocycles. The van der Waals surface area contributed by atoms with Crippen molar-refractivity contribution in [3.05, 3.63) is 65.5 Å². The lowest BCUT2D eigenvalue weighted by molar-refractivity contribution is -0.136. The fourth-order valence-electron chi connectivity index (χ4n) is 3.42. The zero-order valence-corrected chi connectivity index (χ0v) is 15.4. The van der Waals surface area contributed by atoms with E-state index in [2.05, 4.69) is 5.32 Å². The maximum Gasteiger partial charge on any atom is 0.418 e. The summed E-state index contributed by atoms with van der Waals surface area (Å²) >= 11 is 5.44. The normalized spacial score (nSPS) is 15.0. The summed E-state index contributed by atoms with van der Waals surface area (Å²) in [5.74, 6) is -0.348. The van der Waals surface area contributed by atoms with Crippen LogP contribution in [0.15, 0.2) is 48.5 Å². The topological polar surface area (TPSA) is 15.3 Å². The molecule has 0 atom stereocenters. The highest BCUT2D eigenvalue weighted by Gasteiger charge is 2.34. The van der Waals surface area contributed by atoms with E-state index in [-0.39, 0.29) is 29.2 Å². The van der Waals surface area contributed by atoms with Crippen molar-refractivity contribution < 1.29 is 17.6 Å². The summed E-state index contributed by atoms with van der Waals surface area (Å²) in [6, 6.07) is 11.7. The highest BCUT2D eigenvalue weighted by Crippen LogP contribution is 2.35. The Kier molecular flexibility index (Phi) is 5.99. The predicted octanol–water partition coefficient (Wildman–Crippen LogP) is 5.99. The van der Waals surface area contributed by atoms with Crippen LogP contribution in [0.1, 0.15) is 36.8 Å². The van der Waals surface area contributed by atoms with Gasteiger partial charge in [0.1, 0.15) is 5.82 Å². The van der Waals surface area contributed by atoms with Gasteiger partial charge < -0.3 is 10.2 Å². The van der Waals surface area contributed by atoms with E-state index < -0.39 is 11.7 Å². The first kappa shape index (κ1) is 19.6. The zero-order valence-electron chi connectivity index (χ0n) is 14.6. The van der Waals surface area contributed by atoms with Crippen molar-refractivity contribution in [3.8, 4) is 0 Å². The third kappa shape index (κ3) is 4.77. The summed E-state index contributed by atoms with van der Waals surface area (Å²) in [4.78, 5) is 1.81. The molecular formula is C20H20F4N2S. The minimum atomic E-state index is -4.48. The predicted molar refractivity (Wildman–Crippen MR) is 102 cm³/mol. The van der Waals surface area contributed by atoms with E-state index in [1.54, 1.807) is 18.2 Å². The van der Waals surface area contributed by atoms with Crippen LogP contribution in [0.4, 0.5) is 23.2 Å². The van der Waals surface area contributed by atoms with Crippen LogP contribution >= 0.6 is 12.2 Å². The maximum atomic E-state index is 14.1. The van der Waals surface area contributed by atoms with Gasteiger partial charge >= 0.3 is 6.18 Å². The van der Waals surface area contributed by atoms with Gasteiger partial charge in [-0.15, -0.1) is 0 Å². The second-order valence-corrected chi connectivity index (χ2v) is 7.02. The Morgan fingerprint density at radius 1 is 1.04 bits per heavy atom. The van der Waals surface area contributed by atoms with Crippen LogP contribution in [-0.4, -0.2) is 16.1 Å². The number of para-hydroxylation sites is 1. The molecular weight excluding hydrogens is 376 g/mol. The summed E-state index contributed by atoms with van der Waals surface area (Å²) in [6.45, 7) is 0.220. The van der Waals surface area contributed by atoms with Crippen molar-refractivity contribution in [2.45, 2.75) is 44.4 Å². The van der Waals surface area contributed by atoms with Crippen LogP contribution in [0.3, 0.4) is 0 Å². The van der Waals surface area contributed by atoms with Gasteiger partial charge in [0.05, 0.1) is 11.3 Å². The van der Waals surface area contributed by atoms with Gasteiger partial charge in [0.15, 0.2) is 5.11 Å². The minimum Gasteiger partial charge on any atom is -0.342 e. The third-order valence-electron chi connectivity index (χ3n) is 4.80. The number of alkyl halides is 3. The fourth-order valence-corrected chi connectivity index (χ4v) is 3.74. The van der Waals surface area contributed by atoms with Crippen LogP contribution in [0, 0.1) is 5.82 Å². The molecule has 7 heteroatoms. The Morgan fingerprint density at radius 2 is 1.67 bits per heavy atom. The second-order valence-electron chi connectivity index (χ2n) is 6.63. The molecule has 2 aromatic rings. The molecule has 0 heterocycles. The molecule has 0 bridgehead atoms. The Balaban J connectivity index is 1.85. The molecule has 0 aromatic heterocycles. The van der Waals surface area contributed by atoms with Crippen molar-refractivity contribution in [1.29, 1.82) is 0 Å². The summed E-state index contributed by atoms with van der Waals surface area (Å²) in [6.07, 6.45) is -0.655. The first-order chi connectivity index (χ1) is 12.9. The molecule has 1 N–H and O–H groups in total. The Hall–Kier alpha value is -2.15. The second kappa shape index (κ2) is 8.25. The third-order valence-corrected chi connectivity index (χ3v) is 5.14. The largest absolute Gasteiger partial charge is 0.418 e. The van der Waals surface area contributed by atoms with Gasteiger partial charge in [0.25, 0.3) is 0 Å². The number of hydrogen-bond donors (Lipinski definition) is 1. The van der Waals surface area contributed by atoms with Crippen molar-refractivity contribution >= 4 is 23.0 Å². The average Bonchev–Trinajstić information content (AvgIpc) is 3.14. The molecule has 0 amide bonds. The van der Waals surface area contributed by atoms with Gasteiger partial charge in [-0.1, -0.05) is 43.2 Å². The van der Waals surface area contributed by atoms with Crippen LogP contribution in [0.2, 0.25) is 0 Å². The zero-order chi connectivity index (χ0) is 19.4. The number of halogens is 4. The van der Waals surface area contributed by atoms with Crippen LogP contribution in [-0.2, 0) is 12.7 Å². The molecule has 2 nitrogen and oxygen atoms in total. The van der Waals surface area contributed by atoms with Gasteiger partial charge in [-0.2, -0.15) is 13.2 Å². The molecule has 0 radical (unpaired) electrons. The molecule has 1 aliphatic rings. The smallest absolute Gasteiger partial charge is 0.342 e. The average molecular weight is 396 g/mol. The van der Waals surface area contributed by atoms with E-state index in [4.69, 9.17) is 12.2 Å². The first-order valence-electron chi connectivity index (χ1n) is 8.83. The molecule has 2 aromatic carbocycles. The number of thiocarbonyl (C=S) groups is 1. The van der Waals surface area contributed by atoms with E-state index in [1.807, 2.05) is 4.90 Å². The highest BCUT2D eigenvalue weighted by molar-refractivity contribution is 7.80. The molecule has 3 rings (SSSR count). The summed E-state index contributed by atoms with van der Waals surface area (Å²) < 4.78 is 53.9. The van der Waals surface area contributed by atoms with E-state index in [1.165, 1.54) is 24.3 Å². The van der Waals surface area contributed by atoms with E-state index in [0.29, 0.717) is 5.56 Å². The lowest BCUT2D eigenvalue weighted by Crippen LogP contribution is -2.41. The Labute approximate surface area is 161 Å². The molecule has 1 saturated carbocycles. The summed E-state index contributed by atoms with van der Waals surface area (Å²) in [5, 5.41) is 2.93. The number of rotatable bonds is 4. The standard InChI is InChI=1S/C20H20F4N2S/c21-17-11-5-1-7-14(17)13-26(15-8-2-3-9-15)19(27)25-18-12-6-4-10-16(18)20(22,23)24/h1,4-7,10-12,15H,2-3,8-9,13H2,(H,25,27). The maximum absolute atomic E-state index is 14.1. The van der Waals surface area contributed by atoms with Crippen LogP contribution in [0.25, 0.3) is 0 Å². The van der Waals surface area contributed by atoms with Crippen LogP contribution < -0.4 is 5.32 Å². The lowest BCUT2D eigenvalue weighted by Gasteiger charge is -2.32. The van der Waals surface area contributed by atoms with Crippen molar-refractivity contribution in [3.63, 3.8) is 0 Å². The van der Waals surface area contributed by atoms with Crippen LogP contribution in [0.5, 0.6) is 0 Å². The number of anilines is 1. The molecule has 27 heavy (non-hydrogen) atoms. The molecule has 0 spiro atoms. The van der Waals surface area contributed by atoms with E-state index in [0.717, 1.165) is 31.7 Å². The van der Waals surface area contributed by atoms with Gasteiger partial charge in [-0.05, 0) is 43.3 Å². The van der Waals surface area contributed by atoms with Crippen molar-refractivity contribution in [1.82, 2.24) is 4.90 Å². The van der Waals surface area contributed by atoms with Gasteiger partial charge in [0, 0.05) is 18.2 Å². The van der Waals surface area contributed by atoms with E-state index in [9.17, 15) is 17.6 Å². The molecule has 144 valence electrons. The molecule has 0 saturated heterocycles. The molecule has 0 unspecified atom stereocenters. The van der Waals surface area contributed by atoms with E-state index >= 15 is 0 Å². The Bertz CT molecular complexity index is 801. The summed E-state index contributed by atoms with van der Waals surface area (Å²) in [5.41, 5.74) is -0.395. The minimum absolute atomic E-state index is 0.0858. The molecule has 1 aliphatic carbocycles. The highest BCUT2D eigenvalue weighted by atomic mass is 32.1. The van der Waals surface area contributed by atoms with Gasteiger partial charge in [-0.3, -0.25) is 0 Å². The monoisotopic (exact) mass is 396 g/mol. The number of nitrogens with zero attached hydrogens (tertiary/aromatic N) is 1. The first-order valence-corrected chi connectivity index (χ1v) is 9.24. The number of benzene rings is 2. The van der Waals surface area contributed by atoms with Crippen molar-refractivity contribution in [2.24, 2.45) is 0 Å². The molecule has 1 fully saturated rings. The number of hydrogen-bond acceptors (Lipinski definition) is 1.